The topological polar surface area (TPSA) is 59.0 Å². The molecular weight excluding hydrogens is 311 g/mol. The van der Waals surface area contributed by atoms with E-state index in [4.69, 9.17) is 15.7 Å². The van der Waals surface area contributed by atoms with E-state index in [9.17, 15) is 4.39 Å². The summed E-state index contributed by atoms with van der Waals surface area (Å²) in [4.78, 5) is 0. The summed E-state index contributed by atoms with van der Waals surface area (Å²) in [6.45, 7) is 0.0999. The van der Waals surface area contributed by atoms with Crippen LogP contribution in [0.25, 0.3) is 0 Å². The van der Waals surface area contributed by atoms with Gasteiger partial charge in [0, 0.05) is 17.3 Å². The third-order valence-corrected chi connectivity index (χ3v) is 3.18. The van der Waals surface area contributed by atoms with Crippen LogP contribution in [0, 0.1) is 17.1 Å². The Hall–Kier alpha value is -2.06. The molecule has 0 aromatic heterocycles. The van der Waals surface area contributed by atoms with Crippen LogP contribution in [-0.2, 0) is 6.61 Å². The zero-order chi connectivity index (χ0) is 13.8. The number of ether oxygens (including phenoxy) is 1. The van der Waals surface area contributed by atoms with Crippen LogP contribution in [0.1, 0.15) is 11.1 Å². The number of anilines is 1. The maximum absolute atomic E-state index is 13.2. The van der Waals surface area contributed by atoms with Crippen molar-refractivity contribution in [3.63, 3.8) is 0 Å². The van der Waals surface area contributed by atoms with E-state index in [1.54, 1.807) is 18.2 Å². The smallest absolute Gasteiger partial charge is 0.136 e. The summed E-state index contributed by atoms with van der Waals surface area (Å²) in [6.07, 6.45) is 0. The Labute approximate surface area is 118 Å². The molecule has 0 saturated carbocycles. The van der Waals surface area contributed by atoms with E-state index in [0.717, 1.165) is 4.47 Å². The first kappa shape index (κ1) is 13.4. The SMILES string of the molecule is N#Cc1ccc(F)cc1COc1cc(N)ccc1Br. The first-order valence-electron chi connectivity index (χ1n) is 5.46. The lowest BCUT2D eigenvalue weighted by atomic mass is 10.1. The van der Waals surface area contributed by atoms with Gasteiger partial charge in [-0.1, -0.05) is 0 Å². The number of rotatable bonds is 3. The second-order valence-electron chi connectivity index (χ2n) is 3.89. The van der Waals surface area contributed by atoms with E-state index in [0.29, 0.717) is 22.6 Å². The van der Waals surface area contributed by atoms with Crippen molar-refractivity contribution in [1.29, 1.82) is 5.26 Å². The van der Waals surface area contributed by atoms with Crippen LogP contribution in [0.3, 0.4) is 0 Å². The van der Waals surface area contributed by atoms with E-state index >= 15 is 0 Å². The standard InChI is InChI=1S/C14H10BrFN2O/c15-13-4-3-12(18)6-14(13)19-8-10-5-11(16)2-1-9(10)7-17/h1-6H,8,18H2. The molecule has 0 aliphatic heterocycles. The average Bonchev–Trinajstić information content (AvgIpc) is 2.40. The molecule has 2 aromatic carbocycles. The molecule has 0 bridgehead atoms. The fourth-order valence-electron chi connectivity index (χ4n) is 1.58. The summed E-state index contributed by atoms with van der Waals surface area (Å²) in [5.41, 5.74) is 7.12. The second-order valence-corrected chi connectivity index (χ2v) is 4.75. The van der Waals surface area contributed by atoms with Gasteiger partial charge >= 0.3 is 0 Å². The molecule has 0 unspecified atom stereocenters. The summed E-state index contributed by atoms with van der Waals surface area (Å²) in [5.74, 6) is 0.150. The molecule has 19 heavy (non-hydrogen) atoms. The molecule has 0 aliphatic rings. The number of nitrogen functional groups attached to an aromatic ring is 1. The Morgan fingerprint density at radius 2 is 2.05 bits per heavy atom. The normalized spacial score (nSPS) is 9.95. The van der Waals surface area contributed by atoms with Crippen LogP contribution in [0.4, 0.5) is 10.1 Å². The molecule has 2 N–H and O–H groups in total. The zero-order valence-electron chi connectivity index (χ0n) is 9.86. The molecule has 3 nitrogen and oxygen atoms in total. The third-order valence-electron chi connectivity index (χ3n) is 2.53. The van der Waals surface area contributed by atoms with Gasteiger partial charge in [0.15, 0.2) is 0 Å². The largest absolute Gasteiger partial charge is 0.488 e. The number of nitriles is 1. The summed E-state index contributed by atoms with van der Waals surface area (Å²) in [7, 11) is 0. The van der Waals surface area contributed by atoms with Crippen molar-refractivity contribution in [2.45, 2.75) is 6.61 Å². The van der Waals surface area contributed by atoms with Gasteiger partial charge in [-0.15, -0.1) is 0 Å². The molecule has 0 aliphatic carbocycles. The summed E-state index contributed by atoms with van der Waals surface area (Å²) in [6, 6.07) is 11.1. The Balaban J connectivity index is 2.21. The Bertz CT molecular complexity index is 652. The van der Waals surface area contributed by atoms with Gasteiger partial charge in [0.05, 0.1) is 16.1 Å². The molecule has 0 fully saturated rings. The summed E-state index contributed by atoms with van der Waals surface area (Å²) < 4.78 is 19.5. The predicted octanol–water partition coefficient (Wildman–Crippen LogP) is 3.62. The molecule has 0 saturated heterocycles. The lowest BCUT2D eigenvalue weighted by molar-refractivity contribution is 0.303. The van der Waals surface area contributed by atoms with Crippen LogP contribution in [-0.4, -0.2) is 0 Å². The lowest BCUT2D eigenvalue weighted by Gasteiger charge is -2.10. The van der Waals surface area contributed by atoms with Gasteiger partial charge in [-0.25, -0.2) is 4.39 Å². The van der Waals surface area contributed by atoms with Crippen LogP contribution in [0.5, 0.6) is 5.75 Å². The Morgan fingerprint density at radius 3 is 2.79 bits per heavy atom. The number of nitrogens with zero attached hydrogens (tertiary/aromatic N) is 1. The van der Waals surface area contributed by atoms with Gasteiger partial charge in [0.1, 0.15) is 18.2 Å². The van der Waals surface area contributed by atoms with Gasteiger partial charge in [-0.2, -0.15) is 5.26 Å². The van der Waals surface area contributed by atoms with Crippen molar-refractivity contribution in [2.75, 3.05) is 5.73 Å². The Morgan fingerprint density at radius 1 is 1.26 bits per heavy atom. The molecule has 0 heterocycles. The van der Waals surface area contributed by atoms with Gasteiger partial charge in [0.2, 0.25) is 0 Å². The number of hydrogen-bond donors (Lipinski definition) is 1. The van der Waals surface area contributed by atoms with Gasteiger partial charge in [-0.3, -0.25) is 0 Å². The van der Waals surface area contributed by atoms with Crippen LogP contribution in [0.15, 0.2) is 40.9 Å². The Kier molecular flexibility index (Phi) is 4.03. The molecule has 0 spiro atoms. The van der Waals surface area contributed by atoms with Crippen molar-refractivity contribution in [3.8, 4) is 11.8 Å². The highest BCUT2D eigenvalue weighted by atomic mass is 79.9. The average molecular weight is 321 g/mol. The lowest BCUT2D eigenvalue weighted by Crippen LogP contribution is -2.00. The maximum Gasteiger partial charge on any atom is 0.136 e. The molecule has 2 rings (SSSR count). The highest BCUT2D eigenvalue weighted by molar-refractivity contribution is 9.10. The van der Waals surface area contributed by atoms with Crippen LogP contribution < -0.4 is 10.5 Å². The minimum absolute atomic E-state index is 0.0999. The summed E-state index contributed by atoms with van der Waals surface area (Å²) in [5, 5.41) is 8.95. The first-order chi connectivity index (χ1) is 9.10. The highest BCUT2D eigenvalue weighted by Gasteiger charge is 2.07. The molecule has 0 radical (unpaired) electrons. The molecule has 0 atom stereocenters. The van der Waals surface area contributed by atoms with Crippen LogP contribution in [0.2, 0.25) is 0 Å². The first-order valence-corrected chi connectivity index (χ1v) is 6.26. The number of hydrogen-bond acceptors (Lipinski definition) is 3. The number of nitrogens with two attached hydrogens (primary N) is 1. The van der Waals surface area contributed by atoms with Crippen LogP contribution >= 0.6 is 15.9 Å². The number of benzene rings is 2. The quantitative estimate of drug-likeness (QED) is 0.879. The monoisotopic (exact) mass is 320 g/mol. The van der Waals surface area contributed by atoms with Crippen molar-refractivity contribution in [3.05, 3.63) is 57.8 Å². The van der Waals surface area contributed by atoms with Crippen molar-refractivity contribution in [1.82, 2.24) is 0 Å². The molecule has 2 aromatic rings. The third kappa shape index (κ3) is 3.24. The van der Waals surface area contributed by atoms with Crippen molar-refractivity contribution < 1.29 is 9.13 Å². The second kappa shape index (κ2) is 5.72. The predicted molar refractivity (Wildman–Crippen MR) is 74.0 cm³/mol. The summed E-state index contributed by atoms with van der Waals surface area (Å²) >= 11 is 3.33. The molecule has 0 amide bonds. The van der Waals surface area contributed by atoms with Gasteiger partial charge in [0.25, 0.3) is 0 Å². The minimum atomic E-state index is -0.399. The fraction of sp³-hybridized carbons (Fsp3) is 0.0714. The van der Waals surface area contributed by atoms with Crippen molar-refractivity contribution in [2.24, 2.45) is 0 Å². The zero-order valence-corrected chi connectivity index (χ0v) is 11.4. The maximum atomic E-state index is 13.2. The van der Waals surface area contributed by atoms with E-state index < -0.39 is 5.82 Å². The van der Waals surface area contributed by atoms with E-state index in [-0.39, 0.29) is 6.61 Å². The molecule has 96 valence electrons. The molecule has 5 heteroatoms. The van der Waals surface area contributed by atoms with Gasteiger partial charge in [-0.05, 0) is 46.3 Å². The number of halogens is 2. The van der Waals surface area contributed by atoms with E-state index in [1.165, 1.54) is 18.2 Å². The molecular formula is C14H10BrFN2O. The van der Waals surface area contributed by atoms with E-state index in [2.05, 4.69) is 15.9 Å². The fourth-order valence-corrected chi connectivity index (χ4v) is 1.94. The van der Waals surface area contributed by atoms with Crippen molar-refractivity contribution >= 4 is 21.6 Å². The highest BCUT2D eigenvalue weighted by Crippen LogP contribution is 2.28. The van der Waals surface area contributed by atoms with E-state index in [1.807, 2.05) is 6.07 Å². The minimum Gasteiger partial charge on any atom is -0.488 e. The van der Waals surface area contributed by atoms with Gasteiger partial charge < -0.3 is 10.5 Å².